The third kappa shape index (κ3) is 3.33. The van der Waals surface area contributed by atoms with Crippen molar-refractivity contribution in [3.8, 4) is 5.75 Å². The first kappa shape index (κ1) is 16.2. The monoisotopic (exact) mass is 329 g/mol. The molecule has 2 aromatic rings. The molecule has 0 aliphatic heterocycles. The number of fused-ring (bicyclic) bond motifs is 1. The van der Waals surface area contributed by atoms with Crippen molar-refractivity contribution in [3.05, 3.63) is 53.6 Å². The zero-order chi connectivity index (χ0) is 16.2. The quantitative estimate of drug-likeness (QED) is 0.912. The van der Waals surface area contributed by atoms with Crippen LogP contribution >= 0.6 is 0 Å². The van der Waals surface area contributed by atoms with Gasteiger partial charge in [0.2, 0.25) is 0 Å². The molecule has 3 nitrogen and oxygen atoms in total. The molecule has 2 unspecified atom stereocenters. The highest BCUT2D eigenvalue weighted by atomic mass is 32.2. The van der Waals surface area contributed by atoms with E-state index in [4.69, 9.17) is 4.74 Å². The fraction of sp³-hybridized carbons (Fsp3) is 0.368. The summed E-state index contributed by atoms with van der Waals surface area (Å²) in [6.07, 6.45) is 3.43. The van der Waals surface area contributed by atoms with Crippen molar-refractivity contribution in [1.82, 2.24) is 5.32 Å². The molecule has 0 aromatic heterocycles. The normalized spacial score (nSPS) is 18.3. The van der Waals surface area contributed by atoms with Crippen LogP contribution in [0.3, 0.4) is 0 Å². The Hall–Kier alpha value is -1.65. The molecule has 2 atom stereocenters. The van der Waals surface area contributed by atoms with E-state index in [1.807, 2.05) is 37.4 Å². The van der Waals surface area contributed by atoms with E-state index in [0.717, 1.165) is 28.5 Å². The van der Waals surface area contributed by atoms with E-state index in [1.165, 1.54) is 24.0 Å². The van der Waals surface area contributed by atoms with Gasteiger partial charge < -0.3 is 10.1 Å². The van der Waals surface area contributed by atoms with Gasteiger partial charge in [0.25, 0.3) is 0 Å². The van der Waals surface area contributed by atoms with Gasteiger partial charge in [0.15, 0.2) is 0 Å². The maximum absolute atomic E-state index is 12.9. The fourth-order valence-electron chi connectivity index (χ4n) is 3.34. The first-order valence-electron chi connectivity index (χ1n) is 8.06. The number of aryl methyl sites for hydroxylation is 1. The van der Waals surface area contributed by atoms with Crippen LogP contribution in [0.2, 0.25) is 0 Å². The lowest BCUT2D eigenvalue weighted by Gasteiger charge is -2.27. The van der Waals surface area contributed by atoms with Crippen molar-refractivity contribution >= 4 is 10.8 Å². The van der Waals surface area contributed by atoms with Gasteiger partial charge in [0, 0.05) is 11.4 Å². The molecule has 0 spiro atoms. The smallest absolute Gasteiger partial charge is 0.135 e. The molecule has 0 saturated heterocycles. The van der Waals surface area contributed by atoms with Gasteiger partial charge in [0.1, 0.15) is 5.75 Å². The van der Waals surface area contributed by atoms with Crippen molar-refractivity contribution in [2.45, 2.75) is 35.0 Å². The number of likely N-dealkylation sites (N-methyl/N-ethyl adjacent to an activating group) is 1. The minimum atomic E-state index is -1.21. The summed E-state index contributed by atoms with van der Waals surface area (Å²) in [5, 5.41) is 3.28. The van der Waals surface area contributed by atoms with Crippen LogP contribution in [0.15, 0.2) is 52.3 Å². The van der Waals surface area contributed by atoms with Crippen LogP contribution in [-0.4, -0.2) is 24.9 Å². The predicted molar refractivity (Wildman–Crippen MR) is 93.7 cm³/mol. The minimum absolute atomic E-state index is 0.511. The largest absolute Gasteiger partial charge is 0.495 e. The first-order valence-corrected chi connectivity index (χ1v) is 9.21. The Balaban J connectivity index is 2.03. The predicted octanol–water partition coefficient (Wildman–Crippen LogP) is 3.50. The molecule has 1 aliphatic carbocycles. The summed E-state index contributed by atoms with van der Waals surface area (Å²) in [7, 11) is 2.43. The second-order valence-corrected chi connectivity index (χ2v) is 7.38. The van der Waals surface area contributed by atoms with Crippen molar-refractivity contribution in [1.29, 1.82) is 0 Å². The minimum Gasteiger partial charge on any atom is -0.495 e. The summed E-state index contributed by atoms with van der Waals surface area (Å²) < 4.78 is 18.5. The molecule has 0 saturated carbocycles. The Labute approximate surface area is 140 Å². The molecule has 0 fully saturated rings. The number of benzene rings is 2. The maximum Gasteiger partial charge on any atom is 0.135 e. The molecule has 0 amide bonds. The second-order valence-electron chi connectivity index (χ2n) is 5.93. The van der Waals surface area contributed by atoms with Gasteiger partial charge in [-0.25, -0.2) is 4.21 Å². The molecular weight excluding hydrogens is 306 g/mol. The summed E-state index contributed by atoms with van der Waals surface area (Å²) >= 11 is 0. The Morgan fingerprint density at radius 3 is 2.74 bits per heavy atom. The lowest BCUT2D eigenvalue weighted by atomic mass is 9.82. The highest BCUT2D eigenvalue weighted by Crippen LogP contribution is 2.37. The van der Waals surface area contributed by atoms with Gasteiger partial charge in [-0.1, -0.05) is 18.2 Å². The summed E-state index contributed by atoms with van der Waals surface area (Å²) in [6, 6.07) is 13.8. The molecule has 0 radical (unpaired) electrons. The number of methoxy groups -OCH3 is 1. The van der Waals surface area contributed by atoms with Gasteiger partial charge in [0.05, 0.1) is 22.8 Å². The molecule has 1 N–H and O–H groups in total. The molecule has 0 bridgehead atoms. The number of hydrogen-bond acceptors (Lipinski definition) is 3. The number of ether oxygens (including phenoxy) is 1. The van der Waals surface area contributed by atoms with Crippen LogP contribution in [0.1, 0.15) is 29.9 Å². The van der Waals surface area contributed by atoms with E-state index in [-0.39, 0.29) is 0 Å². The highest BCUT2D eigenvalue weighted by Gasteiger charge is 2.24. The van der Waals surface area contributed by atoms with Gasteiger partial charge in [-0.15, -0.1) is 0 Å². The van der Waals surface area contributed by atoms with Crippen molar-refractivity contribution in [2.24, 2.45) is 0 Å². The molecule has 0 heterocycles. The highest BCUT2D eigenvalue weighted by molar-refractivity contribution is 7.85. The van der Waals surface area contributed by atoms with Gasteiger partial charge in [-0.3, -0.25) is 0 Å². The van der Waals surface area contributed by atoms with Crippen LogP contribution in [0.4, 0.5) is 0 Å². The summed E-state index contributed by atoms with van der Waals surface area (Å²) in [4.78, 5) is 1.59. The zero-order valence-corrected chi connectivity index (χ0v) is 14.5. The van der Waals surface area contributed by atoms with Gasteiger partial charge >= 0.3 is 0 Å². The molecule has 23 heavy (non-hydrogen) atoms. The molecule has 122 valence electrons. The van der Waals surface area contributed by atoms with Gasteiger partial charge in [-0.05, 0) is 67.6 Å². The van der Waals surface area contributed by atoms with E-state index in [1.54, 1.807) is 7.11 Å². The summed E-state index contributed by atoms with van der Waals surface area (Å²) in [6.45, 7) is 0.970. The average Bonchev–Trinajstić information content (AvgIpc) is 2.61. The van der Waals surface area contributed by atoms with Crippen LogP contribution in [0.5, 0.6) is 5.75 Å². The molecule has 2 aromatic carbocycles. The summed E-state index contributed by atoms with van der Waals surface area (Å²) in [5.41, 5.74) is 2.66. The maximum atomic E-state index is 12.9. The fourth-order valence-corrected chi connectivity index (χ4v) is 4.58. The average molecular weight is 329 g/mol. The Kier molecular flexibility index (Phi) is 5.13. The van der Waals surface area contributed by atoms with E-state index in [2.05, 4.69) is 17.4 Å². The lowest BCUT2D eigenvalue weighted by Crippen LogP contribution is -2.21. The van der Waals surface area contributed by atoms with Crippen molar-refractivity contribution < 1.29 is 8.95 Å². The summed E-state index contributed by atoms with van der Waals surface area (Å²) in [5.74, 6) is 1.24. The molecule has 1 aliphatic rings. The zero-order valence-electron chi connectivity index (χ0n) is 13.7. The molecule has 4 heteroatoms. The van der Waals surface area contributed by atoms with Gasteiger partial charge in [-0.2, -0.15) is 0 Å². The lowest BCUT2D eigenvalue weighted by molar-refractivity contribution is 0.401. The van der Waals surface area contributed by atoms with E-state index >= 15 is 0 Å². The van der Waals surface area contributed by atoms with E-state index < -0.39 is 10.8 Å². The third-order valence-corrected chi connectivity index (χ3v) is 5.89. The number of hydrogen-bond donors (Lipinski definition) is 1. The topological polar surface area (TPSA) is 38.3 Å². The van der Waals surface area contributed by atoms with E-state index in [0.29, 0.717) is 5.92 Å². The second kappa shape index (κ2) is 7.28. The first-order chi connectivity index (χ1) is 11.2. The van der Waals surface area contributed by atoms with Crippen molar-refractivity contribution in [3.63, 3.8) is 0 Å². The van der Waals surface area contributed by atoms with E-state index in [9.17, 15) is 4.21 Å². The van der Waals surface area contributed by atoms with Crippen LogP contribution in [0, 0.1) is 0 Å². The third-order valence-electron chi connectivity index (χ3n) is 4.47. The molecular formula is C19H23NO2S. The molecule has 3 rings (SSSR count). The van der Waals surface area contributed by atoms with Crippen LogP contribution in [0.25, 0.3) is 0 Å². The Bertz CT molecular complexity index is 700. The Morgan fingerprint density at radius 2 is 2.04 bits per heavy atom. The van der Waals surface area contributed by atoms with Crippen molar-refractivity contribution in [2.75, 3.05) is 20.7 Å². The number of nitrogens with one attached hydrogen (secondary N) is 1. The van der Waals surface area contributed by atoms with Crippen LogP contribution in [-0.2, 0) is 17.2 Å². The standard InChI is InChI=1S/C19H23NO2S/c1-20-13-15-8-6-7-14-11-19(18(22-2)12-17(14)15)23(21)16-9-4-3-5-10-16/h3-5,9-12,15,20H,6-8,13H2,1-2H3. The SMILES string of the molecule is CNCC1CCCc2cc(S(=O)c3ccccc3)c(OC)cc21. The Morgan fingerprint density at radius 1 is 1.26 bits per heavy atom. The van der Waals surface area contributed by atoms with Crippen LogP contribution < -0.4 is 10.1 Å². The number of rotatable bonds is 5.